The summed E-state index contributed by atoms with van der Waals surface area (Å²) in [7, 11) is -3.46. The Morgan fingerprint density at radius 3 is 2.39 bits per heavy atom. The molecule has 0 aromatic carbocycles. The number of hydrogen-bond acceptors (Lipinski definition) is 6. The second-order valence-electron chi connectivity index (χ2n) is 11.5. The fraction of sp³-hybridized carbons (Fsp3) is 0.833. The molecule has 1 aliphatic heterocycles. The topological polar surface area (TPSA) is 105 Å². The van der Waals surface area contributed by atoms with Crippen LogP contribution in [0.1, 0.15) is 80.0 Å². The van der Waals surface area contributed by atoms with Crippen LogP contribution in [0.3, 0.4) is 0 Å². The van der Waals surface area contributed by atoms with Crippen molar-refractivity contribution in [2.75, 3.05) is 19.6 Å². The molecule has 2 N–H and O–H groups in total. The molecule has 36 heavy (non-hydrogen) atoms. The number of halogens is 3. The third-order valence-electron chi connectivity index (χ3n) is 9.24. The molecule has 5 fully saturated rings. The minimum Gasteiger partial charge on any atom is -0.360 e. The number of piperidine rings is 1. The maximum Gasteiger partial charge on any atom is 0.390 e. The van der Waals surface area contributed by atoms with Crippen molar-refractivity contribution < 1.29 is 30.9 Å². The minimum atomic E-state index is -4.19. The summed E-state index contributed by atoms with van der Waals surface area (Å²) in [6, 6.07) is 1.67. The molecule has 12 heteroatoms. The van der Waals surface area contributed by atoms with Gasteiger partial charge in [0, 0.05) is 43.7 Å². The van der Waals surface area contributed by atoms with Crippen LogP contribution in [0.4, 0.5) is 13.2 Å². The molecule has 4 saturated carbocycles. The lowest BCUT2D eigenvalue weighted by Gasteiger charge is -2.70. The van der Waals surface area contributed by atoms with E-state index in [1.54, 1.807) is 10.4 Å². The number of alkyl halides is 3. The summed E-state index contributed by atoms with van der Waals surface area (Å²) in [4.78, 5) is 12.7. The number of amides is 1. The molecule has 1 aromatic rings. The molecule has 0 radical (unpaired) electrons. The summed E-state index contributed by atoms with van der Waals surface area (Å²) in [5, 5.41) is 9.94. The molecule has 2 heterocycles. The molecule has 4 aliphatic carbocycles. The molecule has 1 aromatic heterocycles. The van der Waals surface area contributed by atoms with Gasteiger partial charge in [-0.3, -0.25) is 4.79 Å². The minimum absolute atomic E-state index is 0.0179. The Kier molecular flexibility index (Phi) is 5.95. The van der Waals surface area contributed by atoms with Crippen molar-refractivity contribution in [3.05, 3.63) is 17.5 Å². The van der Waals surface area contributed by atoms with Crippen LogP contribution in [-0.4, -0.2) is 66.4 Å². The summed E-state index contributed by atoms with van der Waals surface area (Å²) in [5.41, 5.74) is 0.314. The molecule has 200 valence electrons. The van der Waals surface area contributed by atoms with E-state index in [0.29, 0.717) is 62.2 Å². The van der Waals surface area contributed by atoms with E-state index < -0.39 is 27.4 Å². The Morgan fingerprint density at radius 1 is 1.11 bits per heavy atom. The largest absolute Gasteiger partial charge is 0.390 e. The van der Waals surface area contributed by atoms with Crippen molar-refractivity contribution in [2.45, 2.75) is 86.7 Å². The number of rotatable bonds is 8. The second kappa shape index (κ2) is 8.69. The summed E-state index contributed by atoms with van der Waals surface area (Å²) < 4.78 is 70.6. The highest BCUT2D eigenvalue weighted by molar-refractivity contribution is 7.90. The first kappa shape index (κ1) is 24.7. The summed E-state index contributed by atoms with van der Waals surface area (Å²) in [5.74, 6) is 1.67. The monoisotopic (exact) mass is 530 g/mol. The predicted molar refractivity (Wildman–Crippen MR) is 124 cm³/mol. The van der Waals surface area contributed by atoms with Crippen LogP contribution < -0.4 is 10.6 Å². The lowest BCUT2D eigenvalue weighted by molar-refractivity contribution is -0.133. The lowest BCUT2D eigenvalue weighted by atomic mass is 9.42. The second-order valence-corrected chi connectivity index (χ2v) is 13.8. The number of carbonyl (C=O) groups is 1. The Balaban J connectivity index is 1.00. The van der Waals surface area contributed by atoms with Crippen molar-refractivity contribution in [2.24, 2.45) is 17.8 Å². The summed E-state index contributed by atoms with van der Waals surface area (Å²) in [6.45, 7) is 0.580. The molecule has 1 amide bonds. The average Bonchev–Trinajstić information content (AvgIpc) is 3.51. The van der Waals surface area contributed by atoms with E-state index in [1.165, 1.54) is 0 Å². The first-order valence-electron chi connectivity index (χ1n) is 13.1. The van der Waals surface area contributed by atoms with Gasteiger partial charge in [-0.25, -0.2) is 12.7 Å². The Labute approximate surface area is 208 Å². The first-order valence-corrected chi connectivity index (χ1v) is 14.6. The number of sulfonamides is 1. The summed E-state index contributed by atoms with van der Waals surface area (Å²) >= 11 is 0. The van der Waals surface area contributed by atoms with Gasteiger partial charge < -0.3 is 15.2 Å². The zero-order valence-electron chi connectivity index (χ0n) is 20.1. The van der Waals surface area contributed by atoms with Crippen molar-refractivity contribution >= 4 is 15.9 Å². The smallest absolute Gasteiger partial charge is 0.360 e. The Hall–Kier alpha value is -1.66. The maximum atomic E-state index is 13.6. The van der Waals surface area contributed by atoms with Crippen LogP contribution in [0.15, 0.2) is 10.6 Å². The van der Waals surface area contributed by atoms with Gasteiger partial charge >= 0.3 is 6.18 Å². The molecule has 3 unspecified atom stereocenters. The van der Waals surface area contributed by atoms with Gasteiger partial charge in [0.15, 0.2) is 5.69 Å². The van der Waals surface area contributed by atoms with Crippen LogP contribution in [0, 0.1) is 17.8 Å². The van der Waals surface area contributed by atoms with Crippen molar-refractivity contribution in [3.8, 4) is 0 Å². The zero-order chi connectivity index (χ0) is 25.3. The van der Waals surface area contributed by atoms with Crippen LogP contribution in [-0.2, 0) is 10.0 Å². The van der Waals surface area contributed by atoms with E-state index in [0.717, 1.165) is 31.4 Å². The van der Waals surface area contributed by atoms with Gasteiger partial charge in [0.25, 0.3) is 5.91 Å². The highest BCUT2D eigenvalue weighted by atomic mass is 32.2. The van der Waals surface area contributed by atoms with E-state index in [9.17, 15) is 26.4 Å². The van der Waals surface area contributed by atoms with Crippen LogP contribution in [0.25, 0.3) is 0 Å². The molecule has 5 atom stereocenters. The van der Waals surface area contributed by atoms with Crippen LogP contribution in [0.2, 0.25) is 0 Å². The van der Waals surface area contributed by atoms with E-state index >= 15 is 0 Å². The van der Waals surface area contributed by atoms with Gasteiger partial charge in [0.1, 0.15) is 5.76 Å². The third kappa shape index (κ3) is 4.26. The Morgan fingerprint density at radius 2 is 1.78 bits per heavy atom. The zero-order valence-corrected chi connectivity index (χ0v) is 20.9. The molecule has 8 nitrogen and oxygen atoms in total. The van der Waals surface area contributed by atoms with Gasteiger partial charge in [-0.1, -0.05) is 5.16 Å². The van der Waals surface area contributed by atoms with Crippen LogP contribution >= 0.6 is 0 Å². The van der Waals surface area contributed by atoms with E-state index in [1.807, 2.05) is 0 Å². The normalized spacial score (nSPS) is 35.0. The quantitative estimate of drug-likeness (QED) is 0.535. The number of carbonyl (C=O) groups excluding carboxylic acids is 1. The third-order valence-corrected chi connectivity index (χ3v) is 11.9. The molecule has 0 bridgehead atoms. The van der Waals surface area contributed by atoms with E-state index in [2.05, 4.69) is 15.8 Å². The van der Waals surface area contributed by atoms with Gasteiger partial charge in [-0.2, -0.15) is 13.2 Å². The average molecular weight is 531 g/mol. The highest BCUT2D eigenvalue weighted by Gasteiger charge is 2.73. The molecule has 6 rings (SSSR count). The van der Waals surface area contributed by atoms with Gasteiger partial charge in [0.05, 0.1) is 11.2 Å². The number of hydrogen-bond donors (Lipinski definition) is 2. The van der Waals surface area contributed by atoms with Gasteiger partial charge in [-0.05, 0) is 69.1 Å². The van der Waals surface area contributed by atoms with Gasteiger partial charge in [-0.15, -0.1) is 0 Å². The van der Waals surface area contributed by atoms with Crippen molar-refractivity contribution in [1.82, 2.24) is 20.1 Å². The highest BCUT2D eigenvalue weighted by Crippen LogP contribution is 2.69. The molecular formula is C24H33F3N4O4S. The maximum absolute atomic E-state index is 13.6. The first-order chi connectivity index (χ1) is 17.1. The SMILES string of the molecule is O=C(NC1C[C@@H]2CC3(S(=O)(=O)N4CCC(NCCC(F)(F)F)CC4)C[C@H](C1)C23)c1cc(C2CC2)on1. The van der Waals surface area contributed by atoms with E-state index in [4.69, 9.17) is 4.52 Å². The van der Waals surface area contributed by atoms with Crippen molar-refractivity contribution in [3.63, 3.8) is 0 Å². The number of nitrogens with one attached hydrogen (secondary N) is 2. The lowest BCUT2D eigenvalue weighted by Crippen LogP contribution is -2.75. The van der Waals surface area contributed by atoms with E-state index in [-0.39, 0.29) is 30.5 Å². The summed E-state index contributed by atoms with van der Waals surface area (Å²) in [6.07, 6.45) is 0.967. The molecule has 5 aliphatic rings. The fourth-order valence-electron chi connectivity index (χ4n) is 7.40. The molecule has 0 spiro atoms. The molecule has 1 saturated heterocycles. The fourth-order valence-corrected chi connectivity index (χ4v) is 10.2. The number of aromatic nitrogens is 1. The molecular weight excluding hydrogens is 497 g/mol. The number of nitrogens with zero attached hydrogens (tertiary/aromatic N) is 2. The Bertz CT molecular complexity index is 1090. The predicted octanol–water partition coefficient (Wildman–Crippen LogP) is 3.18. The standard InChI is InChI=1S/C24H33F3N4O4S/c25-24(26,27)5-6-28-17-3-7-31(8-4-17)36(33,34)23-12-15-9-18(10-16(13-23)21(15)23)29-22(32)19-11-20(35-30-19)14-1-2-14/h11,14-18,21,28H,1-10,12-13H2,(H,29,32)/t15-,16+,18?,21?,23?. The van der Waals surface area contributed by atoms with Crippen molar-refractivity contribution in [1.29, 1.82) is 0 Å². The van der Waals surface area contributed by atoms with Crippen LogP contribution in [0.5, 0.6) is 0 Å². The van der Waals surface area contributed by atoms with Gasteiger partial charge in [0.2, 0.25) is 10.0 Å².